The molecule has 5 nitrogen and oxygen atoms in total. The molecule has 0 spiro atoms. The number of aryl methyl sites for hydroxylation is 2. The van der Waals surface area contributed by atoms with Crippen LogP contribution in [0.15, 0.2) is 58.3 Å². The van der Waals surface area contributed by atoms with Crippen LogP contribution in [0.25, 0.3) is 4.13 Å². The second-order valence-electron chi connectivity index (χ2n) is 4.61. The van der Waals surface area contributed by atoms with Crippen molar-refractivity contribution in [1.29, 1.82) is 0 Å². The van der Waals surface area contributed by atoms with Crippen LogP contribution < -0.4 is 0 Å². The lowest BCUT2D eigenvalue weighted by Crippen LogP contribution is -2.09. The van der Waals surface area contributed by atoms with Crippen LogP contribution in [0.5, 0.6) is 0 Å². The number of rotatable bonds is 4. The highest BCUT2D eigenvalue weighted by atomic mass is 32.3. The van der Waals surface area contributed by atoms with Crippen LogP contribution in [0.1, 0.15) is 11.1 Å². The molecule has 2 rings (SSSR count). The van der Waals surface area contributed by atoms with E-state index in [0.29, 0.717) is 11.1 Å². The quantitative estimate of drug-likeness (QED) is 0.866. The van der Waals surface area contributed by atoms with E-state index in [9.17, 15) is 16.8 Å². The molecule has 2 aromatic carbocycles. The Kier molecular flexibility index (Phi) is 4.18. The SMILES string of the molecule is Cc1ccc(C)c(S(=O)(=O)[N-]S(=O)(=O)c2ccccc2)c1. The average molecular weight is 324 g/mol. The summed E-state index contributed by atoms with van der Waals surface area (Å²) in [5.74, 6) is 0. The van der Waals surface area contributed by atoms with Gasteiger partial charge in [-0.3, -0.25) is 0 Å². The van der Waals surface area contributed by atoms with Crippen LogP contribution in [-0.4, -0.2) is 16.8 Å². The van der Waals surface area contributed by atoms with Gasteiger partial charge in [0.15, 0.2) is 0 Å². The molecular formula is C14H14NO4S2-. The van der Waals surface area contributed by atoms with Crippen molar-refractivity contribution >= 4 is 20.0 Å². The van der Waals surface area contributed by atoms with Crippen LogP contribution in [0.4, 0.5) is 0 Å². The number of benzene rings is 2. The van der Waals surface area contributed by atoms with Gasteiger partial charge >= 0.3 is 0 Å². The Labute approximate surface area is 124 Å². The van der Waals surface area contributed by atoms with Gasteiger partial charge in [-0.05, 0) is 43.2 Å². The minimum atomic E-state index is -4.28. The first kappa shape index (κ1) is 15.7. The fraction of sp³-hybridized carbons (Fsp3) is 0.143. The lowest BCUT2D eigenvalue weighted by Gasteiger charge is -2.22. The molecular weight excluding hydrogens is 310 g/mol. The van der Waals surface area contributed by atoms with Crippen LogP contribution >= 0.6 is 0 Å². The number of sulfonamides is 2. The third-order valence-corrected chi connectivity index (χ3v) is 6.29. The minimum Gasteiger partial charge on any atom is -0.428 e. The van der Waals surface area contributed by atoms with Crippen molar-refractivity contribution < 1.29 is 16.8 Å². The molecule has 0 saturated carbocycles. The second kappa shape index (κ2) is 5.59. The third-order valence-electron chi connectivity index (χ3n) is 2.86. The Morgan fingerprint density at radius 3 is 2.05 bits per heavy atom. The fourth-order valence-corrected chi connectivity index (χ4v) is 4.80. The standard InChI is InChI=1S/C14H14NO4S2/c1-11-8-9-12(2)14(10-11)21(18,19)15-20(16,17)13-6-4-3-5-7-13/h3-10H,1-2H3/q-1. The van der Waals surface area contributed by atoms with Crippen molar-refractivity contribution in [2.75, 3.05) is 0 Å². The van der Waals surface area contributed by atoms with E-state index in [4.69, 9.17) is 0 Å². The molecule has 0 aliphatic heterocycles. The van der Waals surface area contributed by atoms with Crippen LogP contribution in [-0.2, 0) is 20.0 Å². The van der Waals surface area contributed by atoms with Gasteiger partial charge in [-0.1, -0.05) is 30.3 Å². The number of nitrogens with zero attached hydrogens (tertiary/aromatic N) is 1. The number of hydrogen-bond acceptors (Lipinski definition) is 4. The third kappa shape index (κ3) is 3.49. The molecule has 2 aromatic rings. The molecule has 0 aliphatic rings. The molecule has 7 heteroatoms. The van der Waals surface area contributed by atoms with Crippen molar-refractivity contribution in [3.8, 4) is 0 Å². The largest absolute Gasteiger partial charge is 0.428 e. The van der Waals surface area contributed by atoms with Gasteiger partial charge in [0.1, 0.15) is 20.0 Å². The maximum absolute atomic E-state index is 12.2. The van der Waals surface area contributed by atoms with Gasteiger partial charge in [0.2, 0.25) is 0 Å². The summed E-state index contributed by atoms with van der Waals surface area (Å²) < 4.78 is 51.8. The topological polar surface area (TPSA) is 82.4 Å². The molecule has 0 N–H and O–H groups in total. The Balaban J connectivity index is 2.45. The fourth-order valence-electron chi connectivity index (χ4n) is 1.79. The summed E-state index contributed by atoms with van der Waals surface area (Å²) in [5, 5.41) is 0. The van der Waals surface area contributed by atoms with Crippen molar-refractivity contribution in [1.82, 2.24) is 0 Å². The zero-order valence-electron chi connectivity index (χ0n) is 11.5. The summed E-state index contributed by atoms with van der Waals surface area (Å²) >= 11 is 0. The molecule has 112 valence electrons. The van der Waals surface area contributed by atoms with Crippen LogP contribution in [0, 0.1) is 13.8 Å². The van der Waals surface area contributed by atoms with Gasteiger partial charge in [-0.2, -0.15) is 0 Å². The average Bonchev–Trinajstić information content (AvgIpc) is 2.41. The van der Waals surface area contributed by atoms with E-state index in [1.165, 1.54) is 30.3 Å². The molecule has 0 atom stereocenters. The van der Waals surface area contributed by atoms with Gasteiger partial charge in [-0.25, -0.2) is 16.8 Å². The molecule has 0 saturated heterocycles. The maximum atomic E-state index is 12.2. The Hall–Kier alpha value is -1.70. The molecule has 0 heterocycles. The Morgan fingerprint density at radius 2 is 1.43 bits per heavy atom. The Morgan fingerprint density at radius 1 is 0.810 bits per heavy atom. The van der Waals surface area contributed by atoms with Gasteiger partial charge in [0, 0.05) is 4.90 Å². The Bertz CT molecular complexity index is 857. The highest BCUT2D eigenvalue weighted by molar-refractivity contribution is 8.12. The van der Waals surface area contributed by atoms with Crippen molar-refractivity contribution in [2.24, 2.45) is 0 Å². The number of hydrogen-bond donors (Lipinski definition) is 0. The molecule has 0 radical (unpaired) electrons. The molecule has 21 heavy (non-hydrogen) atoms. The van der Waals surface area contributed by atoms with Gasteiger partial charge < -0.3 is 4.13 Å². The first-order valence-electron chi connectivity index (χ1n) is 6.09. The van der Waals surface area contributed by atoms with E-state index in [0.717, 1.165) is 0 Å². The van der Waals surface area contributed by atoms with E-state index < -0.39 is 20.0 Å². The van der Waals surface area contributed by atoms with Crippen molar-refractivity contribution in [3.63, 3.8) is 0 Å². The molecule has 0 aliphatic carbocycles. The smallest absolute Gasteiger partial charge is 0.112 e. The van der Waals surface area contributed by atoms with Gasteiger partial charge in [0.05, 0.1) is 4.90 Å². The molecule has 0 aromatic heterocycles. The van der Waals surface area contributed by atoms with Gasteiger partial charge in [0.25, 0.3) is 0 Å². The van der Waals surface area contributed by atoms with Crippen LogP contribution in [0.3, 0.4) is 0 Å². The predicted molar refractivity (Wildman–Crippen MR) is 80.1 cm³/mol. The monoisotopic (exact) mass is 324 g/mol. The first-order valence-corrected chi connectivity index (χ1v) is 8.97. The highest BCUT2D eigenvalue weighted by Gasteiger charge is 2.15. The lowest BCUT2D eigenvalue weighted by atomic mass is 10.2. The molecule has 0 fully saturated rings. The summed E-state index contributed by atoms with van der Waals surface area (Å²) in [5.41, 5.74) is 1.17. The van der Waals surface area contributed by atoms with E-state index >= 15 is 0 Å². The van der Waals surface area contributed by atoms with E-state index in [2.05, 4.69) is 4.13 Å². The highest BCUT2D eigenvalue weighted by Crippen LogP contribution is 2.27. The predicted octanol–water partition coefficient (Wildman–Crippen LogP) is 2.75. The van der Waals surface area contributed by atoms with E-state index in [1.807, 2.05) is 0 Å². The zero-order chi connectivity index (χ0) is 15.7. The van der Waals surface area contributed by atoms with E-state index in [1.54, 1.807) is 32.0 Å². The summed E-state index contributed by atoms with van der Waals surface area (Å²) in [7, 11) is -8.54. The molecule has 0 unspecified atom stereocenters. The summed E-state index contributed by atoms with van der Waals surface area (Å²) in [6.07, 6.45) is 0. The van der Waals surface area contributed by atoms with Crippen molar-refractivity contribution in [2.45, 2.75) is 23.6 Å². The zero-order valence-corrected chi connectivity index (χ0v) is 13.1. The maximum Gasteiger partial charge on any atom is 0.112 e. The molecule has 0 amide bonds. The first-order chi connectivity index (χ1) is 9.72. The normalized spacial score (nSPS) is 12.3. The van der Waals surface area contributed by atoms with Crippen molar-refractivity contribution in [3.05, 3.63) is 63.8 Å². The minimum absolute atomic E-state index is 0.0954. The summed E-state index contributed by atoms with van der Waals surface area (Å²) in [6, 6.07) is 12.0. The lowest BCUT2D eigenvalue weighted by molar-refractivity contribution is 0.595. The summed E-state index contributed by atoms with van der Waals surface area (Å²) in [6.45, 7) is 3.32. The van der Waals surface area contributed by atoms with Crippen LogP contribution in [0.2, 0.25) is 0 Å². The molecule has 0 bridgehead atoms. The summed E-state index contributed by atoms with van der Waals surface area (Å²) in [4.78, 5) is -0.249. The van der Waals surface area contributed by atoms with Gasteiger partial charge in [-0.15, -0.1) is 0 Å². The second-order valence-corrected chi connectivity index (χ2v) is 8.01. The van der Waals surface area contributed by atoms with E-state index in [-0.39, 0.29) is 9.79 Å².